The van der Waals surface area contributed by atoms with Crippen LogP contribution in [0.3, 0.4) is 0 Å². The van der Waals surface area contributed by atoms with Crippen LogP contribution in [0.2, 0.25) is 0 Å². The Bertz CT molecular complexity index is 957. The molecule has 3 aromatic rings. The van der Waals surface area contributed by atoms with Crippen LogP contribution in [0.25, 0.3) is 22.9 Å². The van der Waals surface area contributed by atoms with Crippen LogP contribution < -0.4 is 4.74 Å². The SMILES string of the molecule is C1=CC2Oc3cc(-c4nnc(-c5ccccc5)o4)ccc3C2C=C1. The lowest BCUT2D eigenvalue weighted by molar-refractivity contribution is 0.269. The predicted molar refractivity (Wildman–Crippen MR) is 90.6 cm³/mol. The third kappa shape index (κ3) is 2.07. The molecule has 2 aliphatic rings. The van der Waals surface area contributed by atoms with Crippen molar-refractivity contribution in [2.24, 2.45) is 0 Å². The molecule has 2 unspecified atom stereocenters. The Morgan fingerprint density at radius 1 is 0.792 bits per heavy atom. The number of benzene rings is 2. The number of ether oxygens (including phenoxy) is 1. The smallest absolute Gasteiger partial charge is 0.248 e. The van der Waals surface area contributed by atoms with Crippen molar-refractivity contribution in [3.8, 4) is 28.7 Å². The maximum absolute atomic E-state index is 6.04. The lowest BCUT2D eigenvalue weighted by atomic mass is 9.92. The number of nitrogens with zero attached hydrogens (tertiary/aromatic N) is 2. The second-order valence-electron chi connectivity index (χ2n) is 5.91. The normalized spacial score (nSPS) is 20.5. The zero-order chi connectivity index (χ0) is 15.9. The molecule has 0 spiro atoms. The van der Waals surface area contributed by atoms with E-state index in [0.717, 1.165) is 16.9 Å². The molecule has 0 amide bonds. The fourth-order valence-corrected chi connectivity index (χ4v) is 3.21. The molecular weight excluding hydrogens is 300 g/mol. The average molecular weight is 314 g/mol. The van der Waals surface area contributed by atoms with Crippen LogP contribution in [-0.2, 0) is 0 Å². The molecule has 2 atom stereocenters. The summed E-state index contributed by atoms with van der Waals surface area (Å²) in [6.07, 6.45) is 8.44. The summed E-state index contributed by atoms with van der Waals surface area (Å²) >= 11 is 0. The van der Waals surface area contributed by atoms with Crippen LogP contribution in [0.4, 0.5) is 0 Å². The number of rotatable bonds is 2. The Balaban J connectivity index is 1.50. The van der Waals surface area contributed by atoms with E-state index in [9.17, 15) is 0 Å². The molecule has 1 aliphatic carbocycles. The van der Waals surface area contributed by atoms with Gasteiger partial charge in [0.15, 0.2) is 0 Å². The van der Waals surface area contributed by atoms with Crippen molar-refractivity contribution >= 4 is 0 Å². The minimum absolute atomic E-state index is 0.0859. The van der Waals surface area contributed by atoms with Crippen LogP contribution in [0.15, 0.2) is 77.3 Å². The number of hydrogen-bond donors (Lipinski definition) is 0. The maximum atomic E-state index is 6.04. The molecule has 116 valence electrons. The van der Waals surface area contributed by atoms with Gasteiger partial charge in [0.05, 0.1) is 0 Å². The Hall–Kier alpha value is -3.14. The standard InChI is InChI=1S/C20H14N2O2/c1-2-6-13(7-3-1)19-21-22-20(24-19)14-10-11-16-15-8-4-5-9-17(15)23-18(16)12-14/h1-12,15,17H. The monoisotopic (exact) mass is 314 g/mol. The molecule has 2 heterocycles. The largest absolute Gasteiger partial charge is 0.485 e. The summed E-state index contributed by atoms with van der Waals surface area (Å²) in [7, 11) is 0. The summed E-state index contributed by atoms with van der Waals surface area (Å²) in [6, 6.07) is 15.8. The predicted octanol–water partition coefficient (Wildman–Crippen LogP) is 4.37. The van der Waals surface area contributed by atoms with Crippen molar-refractivity contribution in [1.29, 1.82) is 0 Å². The van der Waals surface area contributed by atoms with E-state index in [2.05, 4.69) is 34.5 Å². The number of hydrogen-bond acceptors (Lipinski definition) is 4. The molecule has 4 heteroatoms. The summed E-state index contributed by atoms with van der Waals surface area (Å²) in [4.78, 5) is 0. The first-order chi connectivity index (χ1) is 11.9. The summed E-state index contributed by atoms with van der Waals surface area (Å²) < 4.78 is 11.9. The van der Waals surface area contributed by atoms with Gasteiger partial charge in [-0.15, -0.1) is 10.2 Å². The highest BCUT2D eigenvalue weighted by Crippen LogP contribution is 2.42. The lowest BCUT2D eigenvalue weighted by Crippen LogP contribution is -2.15. The van der Waals surface area contributed by atoms with Crippen molar-refractivity contribution in [3.63, 3.8) is 0 Å². The average Bonchev–Trinajstić information content (AvgIpc) is 3.27. The topological polar surface area (TPSA) is 48.2 Å². The molecule has 4 nitrogen and oxygen atoms in total. The Labute approximate surface area is 139 Å². The van der Waals surface area contributed by atoms with Gasteiger partial charge in [-0.25, -0.2) is 0 Å². The molecule has 5 rings (SSSR count). The quantitative estimate of drug-likeness (QED) is 0.704. The second kappa shape index (κ2) is 5.20. The van der Waals surface area contributed by atoms with Gasteiger partial charge in [-0.1, -0.05) is 42.5 Å². The van der Waals surface area contributed by atoms with Crippen molar-refractivity contribution in [3.05, 3.63) is 78.4 Å². The van der Waals surface area contributed by atoms with Crippen molar-refractivity contribution in [2.45, 2.75) is 12.0 Å². The van der Waals surface area contributed by atoms with E-state index in [1.807, 2.05) is 48.5 Å². The van der Waals surface area contributed by atoms with Gasteiger partial charge < -0.3 is 9.15 Å². The zero-order valence-electron chi connectivity index (χ0n) is 12.8. The Kier molecular flexibility index (Phi) is 2.88. The molecule has 0 N–H and O–H groups in total. The highest BCUT2D eigenvalue weighted by Gasteiger charge is 2.32. The molecule has 0 bridgehead atoms. The highest BCUT2D eigenvalue weighted by molar-refractivity contribution is 5.62. The van der Waals surface area contributed by atoms with Gasteiger partial charge in [0, 0.05) is 22.6 Å². The van der Waals surface area contributed by atoms with Gasteiger partial charge in [0.25, 0.3) is 0 Å². The fraction of sp³-hybridized carbons (Fsp3) is 0.100. The molecule has 0 radical (unpaired) electrons. The fourth-order valence-electron chi connectivity index (χ4n) is 3.21. The molecule has 2 aromatic carbocycles. The van der Waals surface area contributed by atoms with Crippen molar-refractivity contribution in [1.82, 2.24) is 10.2 Å². The molecule has 1 aromatic heterocycles. The third-order valence-corrected chi connectivity index (χ3v) is 4.41. The van der Waals surface area contributed by atoms with Gasteiger partial charge in [0.2, 0.25) is 11.8 Å². The first kappa shape index (κ1) is 13.3. The number of fused-ring (bicyclic) bond motifs is 3. The molecule has 0 saturated heterocycles. The second-order valence-corrected chi connectivity index (χ2v) is 5.91. The first-order valence-corrected chi connectivity index (χ1v) is 7.93. The van der Waals surface area contributed by atoms with E-state index < -0.39 is 0 Å². The highest BCUT2D eigenvalue weighted by atomic mass is 16.5. The van der Waals surface area contributed by atoms with Crippen LogP contribution in [0.5, 0.6) is 5.75 Å². The molecule has 0 saturated carbocycles. The molecular formula is C20H14N2O2. The van der Waals surface area contributed by atoms with E-state index in [1.165, 1.54) is 5.56 Å². The Morgan fingerprint density at radius 2 is 1.58 bits per heavy atom. The van der Waals surface area contributed by atoms with Crippen LogP contribution in [-0.4, -0.2) is 16.3 Å². The molecule has 0 fully saturated rings. The van der Waals surface area contributed by atoms with Crippen molar-refractivity contribution < 1.29 is 9.15 Å². The zero-order valence-corrected chi connectivity index (χ0v) is 12.8. The lowest BCUT2D eigenvalue weighted by Gasteiger charge is -2.13. The van der Waals surface area contributed by atoms with Gasteiger partial charge in [-0.05, 0) is 30.3 Å². The molecule has 1 aliphatic heterocycles. The first-order valence-electron chi connectivity index (χ1n) is 7.93. The van der Waals surface area contributed by atoms with Crippen LogP contribution >= 0.6 is 0 Å². The summed E-state index contributed by atoms with van der Waals surface area (Å²) in [5.41, 5.74) is 2.98. The van der Waals surface area contributed by atoms with E-state index in [-0.39, 0.29) is 6.10 Å². The number of aromatic nitrogens is 2. The molecule has 24 heavy (non-hydrogen) atoms. The van der Waals surface area contributed by atoms with Gasteiger partial charge in [-0.2, -0.15) is 0 Å². The minimum Gasteiger partial charge on any atom is -0.485 e. The summed E-state index contributed by atoms with van der Waals surface area (Å²) in [5.74, 6) is 2.20. The summed E-state index contributed by atoms with van der Waals surface area (Å²) in [5, 5.41) is 8.33. The van der Waals surface area contributed by atoms with E-state index in [0.29, 0.717) is 17.7 Å². The summed E-state index contributed by atoms with van der Waals surface area (Å²) in [6.45, 7) is 0. The Morgan fingerprint density at radius 3 is 2.46 bits per heavy atom. The van der Waals surface area contributed by atoms with Crippen LogP contribution in [0.1, 0.15) is 11.5 Å². The third-order valence-electron chi connectivity index (χ3n) is 4.41. The van der Waals surface area contributed by atoms with Gasteiger partial charge in [-0.3, -0.25) is 0 Å². The van der Waals surface area contributed by atoms with E-state index in [4.69, 9.17) is 9.15 Å². The van der Waals surface area contributed by atoms with E-state index in [1.54, 1.807) is 0 Å². The van der Waals surface area contributed by atoms with Gasteiger partial charge in [0.1, 0.15) is 11.9 Å². The minimum atomic E-state index is 0.0859. The van der Waals surface area contributed by atoms with Crippen molar-refractivity contribution in [2.75, 3.05) is 0 Å². The number of allylic oxidation sites excluding steroid dienone is 2. The van der Waals surface area contributed by atoms with E-state index >= 15 is 0 Å². The van der Waals surface area contributed by atoms with Gasteiger partial charge >= 0.3 is 0 Å². The van der Waals surface area contributed by atoms with Crippen LogP contribution in [0, 0.1) is 0 Å². The maximum Gasteiger partial charge on any atom is 0.248 e.